The van der Waals surface area contributed by atoms with Crippen LogP contribution in [0.5, 0.6) is 11.5 Å². The summed E-state index contributed by atoms with van der Waals surface area (Å²) in [5.41, 5.74) is 2.84. The molecule has 0 aliphatic rings. The van der Waals surface area contributed by atoms with Gasteiger partial charge in [0.25, 0.3) is 0 Å². The van der Waals surface area contributed by atoms with Crippen molar-refractivity contribution in [3.8, 4) is 11.5 Å². The van der Waals surface area contributed by atoms with Gasteiger partial charge in [-0.25, -0.2) is 0 Å². The van der Waals surface area contributed by atoms with E-state index in [2.05, 4.69) is 15.6 Å². The molecule has 0 saturated heterocycles. The predicted octanol–water partition coefficient (Wildman–Crippen LogP) is 3.99. The molecule has 5 nitrogen and oxygen atoms in total. The molecule has 0 radical (unpaired) electrons. The summed E-state index contributed by atoms with van der Waals surface area (Å²) >= 11 is 5.36. The second-order valence-corrected chi connectivity index (χ2v) is 5.34. The van der Waals surface area contributed by atoms with Gasteiger partial charge in [-0.2, -0.15) is 0 Å². The van der Waals surface area contributed by atoms with Gasteiger partial charge in [0.1, 0.15) is 0 Å². The number of H-pyrrole nitrogens is 1. The van der Waals surface area contributed by atoms with Crippen LogP contribution >= 0.6 is 12.2 Å². The van der Waals surface area contributed by atoms with Crippen molar-refractivity contribution in [3.63, 3.8) is 0 Å². The number of methoxy groups -OCH3 is 2. The number of rotatable bonds is 4. The fourth-order valence-corrected chi connectivity index (χ4v) is 2.57. The van der Waals surface area contributed by atoms with Crippen LogP contribution in [0, 0.1) is 0 Å². The second-order valence-electron chi connectivity index (χ2n) is 4.93. The molecule has 0 unspecified atom stereocenters. The molecule has 6 heteroatoms. The first-order chi connectivity index (χ1) is 11.2. The third-order valence-corrected chi connectivity index (χ3v) is 3.66. The van der Waals surface area contributed by atoms with Crippen LogP contribution in [0.3, 0.4) is 0 Å². The van der Waals surface area contributed by atoms with Crippen molar-refractivity contribution >= 4 is 39.6 Å². The van der Waals surface area contributed by atoms with E-state index in [4.69, 9.17) is 21.7 Å². The van der Waals surface area contributed by atoms with Gasteiger partial charge in [-0.05, 0) is 48.6 Å². The summed E-state index contributed by atoms with van der Waals surface area (Å²) in [7, 11) is 3.21. The number of benzene rings is 2. The summed E-state index contributed by atoms with van der Waals surface area (Å²) in [4.78, 5) is 3.16. The quantitative estimate of drug-likeness (QED) is 0.633. The van der Waals surface area contributed by atoms with E-state index < -0.39 is 0 Å². The Balaban J connectivity index is 1.71. The number of thiocarbonyl (C=S) groups is 1. The van der Waals surface area contributed by atoms with Gasteiger partial charge in [-0.15, -0.1) is 0 Å². The minimum atomic E-state index is 0.507. The number of aromatic nitrogens is 1. The largest absolute Gasteiger partial charge is 0.493 e. The highest BCUT2D eigenvalue weighted by molar-refractivity contribution is 7.80. The van der Waals surface area contributed by atoms with Gasteiger partial charge in [-0.1, -0.05) is 0 Å². The fourth-order valence-electron chi connectivity index (χ4n) is 2.34. The molecule has 1 aromatic heterocycles. The molecule has 0 aliphatic heterocycles. The van der Waals surface area contributed by atoms with E-state index in [-0.39, 0.29) is 0 Å². The molecule has 23 heavy (non-hydrogen) atoms. The maximum Gasteiger partial charge on any atom is 0.175 e. The van der Waals surface area contributed by atoms with Crippen molar-refractivity contribution in [3.05, 3.63) is 48.7 Å². The maximum atomic E-state index is 5.36. The number of hydrogen-bond acceptors (Lipinski definition) is 3. The van der Waals surface area contributed by atoms with E-state index in [9.17, 15) is 0 Å². The molecule has 0 spiro atoms. The Hall–Kier alpha value is -2.73. The van der Waals surface area contributed by atoms with Crippen LogP contribution in [0.1, 0.15) is 0 Å². The fraction of sp³-hybridized carbons (Fsp3) is 0.118. The molecule has 0 amide bonds. The minimum Gasteiger partial charge on any atom is -0.493 e. The molecule has 3 N–H and O–H groups in total. The SMILES string of the molecule is COc1ccc(NC(=S)Nc2ccc3[nH]ccc3c2)cc1OC. The van der Waals surface area contributed by atoms with Crippen molar-refractivity contribution in [1.29, 1.82) is 0 Å². The van der Waals surface area contributed by atoms with Crippen molar-refractivity contribution in [1.82, 2.24) is 4.98 Å². The number of aromatic amines is 1. The lowest BCUT2D eigenvalue weighted by Crippen LogP contribution is -2.19. The van der Waals surface area contributed by atoms with Crippen LogP contribution in [0.15, 0.2) is 48.7 Å². The Morgan fingerprint density at radius 3 is 2.35 bits per heavy atom. The summed E-state index contributed by atoms with van der Waals surface area (Å²) in [6.45, 7) is 0. The van der Waals surface area contributed by atoms with Crippen LogP contribution in [0.4, 0.5) is 11.4 Å². The number of hydrogen-bond donors (Lipinski definition) is 3. The van der Waals surface area contributed by atoms with Crippen LogP contribution in [-0.4, -0.2) is 24.3 Å². The zero-order valence-corrected chi connectivity index (χ0v) is 13.7. The minimum absolute atomic E-state index is 0.507. The highest BCUT2D eigenvalue weighted by atomic mass is 32.1. The first-order valence-corrected chi connectivity index (χ1v) is 7.47. The van der Waals surface area contributed by atoms with Crippen molar-refractivity contribution in [2.75, 3.05) is 24.9 Å². The Kier molecular flexibility index (Phi) is 4.34. The van der Waals surface area contributed by atoms with E-state index in [1.54, 1.807) is 14.2 Å². The van der Waals surface area contributed by atoms with Gasteiger partial charge in [-0.3, -0.25) is 0 Å². The Bertz CT molecular complexity index is 845. The number of fused-ring (bicyclic) bond motifs is 1. The standard InChI is InChI=1S/C17H17N3O2S/c1-21-15-6-4-13(10-16(15)22-2)20-17(23)19-12-3-5-14-11(9-12)7-8-18-14/h3-10,18H,1-2H3,(H2,19,20,23). The molecule has 1 heterocycles. The normalized spacial score (nSPS) is 10.3. The highest BCUT2D eigenvalue weighted by Crippen LogP contribution is 2.29. The van der Waals surface area contributed by atoms with E-state index in [1.807, 2.05) is 48.7 Å². The second kappa shape index (κ2) is 6.58. The first kappa shape index (κ1) is 15.2. The lowest BCUT2D eigenvalue weighted by Gasteiger charge is -2.13. The average Bonchev–Trinajstić information content (AvgIpc) is 3.02. The zero-order chi connectivity index (χ0) is 16.2. The molecule has 0 aliphatic carbocycles. The number of nitrogens with one attached hydrogen (secondary N) is 3. The highest BCUT2D eigenvalue weighted by Gasteiger charge is 2.06. The molecule has 0 saturated carbocycles. The van der Waals surface area contributed by atoms with E-state index in [0.29, 0.717) is 16.6 Å². The van der Waals surface area contributed by atoms with Gasteiger partial charge in [0.2, 0.25) is 0 Å². The zero-order valence-electron chi connectivity index (χ0n) is 12.8. The van der Waals surface area contributed by atoms with Crippen molar-refractivity contribution in [2.24, 2.45) is 0 Å². The first-order valence-electron chi connectivity index (χ1n) is 7.07. The summed E-state index contributed by atoms with van der Waals surface area (Å²) in [5.74, 6) is 1.32. The average molecular weight is 327 g/mol. The molecule has 3 aromatic rings. The maximum absolute atomic E-state index is 5.36. The number of ether oxygens (including phenoxy) is 2. The topological polar surface area (TPSA) is 58.3 Å². The molecule has 0 bridgehead atoms. The van der Waals surface area contributed by atoms with Crippen molar-refractivity contribution < 1.29 is 9.47 Å². The molecule has 0 fully saturated rings. The third kappa shape index (κ3) is 3.37. The smallest absolute Gasteiger partial charge is 0.175 e. The summed E-state index contributed by atoms with van der Waals surface area (Å²) in [6, 6.07) is 13.6. The summed E-state index contributed by atoms with van der Waals surface area (Å²) in [5, 5.41) is 7.94. The Morgan fingerprint density at radius 2 is 1.61 bits per heavy atom. The molecule has 118 valence electrons. The van der Waals surface area contributed by atoms with E-state index >= 15 is 0 Å². The van der Waals surface area contributed by atoms with Gasteiger partial charge >= 0.3 is 0 Å². The lowest BCUT2D eigenvalue weighted by atomic mass is 10.2. The van der Waals surface area contributed by atoms with Gasteiger partial charge in [0, 0.05) is 34.5 Å². The number of anilines is 2. The predicted molar refractivity (Wildman–Crippen MR) is 97.7 cm³/mol. The van der Waals surface area contributed by atoms with E-state index in [1.165, 1.54) is 0 Å². The van der Waals surface area contributed by atoms with Crippen molar-refractivity contribution in [2.45, 2.75) is 0 Å². The summed E-state index contributed by atoms with van der Waals surface area (Å²) < 4.78 is 10.5. The Morgan fingerprint density at radius 1 is 0.913 bits per heavy atom. The molecule has 3 rings (SSSR count). The lowest BCUT2D eigenvalue weighted by molar-refractivity contribution is 0.355. The van der Waals surface area contributed by atoms with Crippen LogP contribution in [-0.2, 0) is 0 Å². The summed E-state index contributed by atoms with van der Waals surface area (Å²) in [6.07, 6.45) is 1.91. The monoisotopic (exact) mass is 327 g/mol. The molecule has 2 aromatic carbocycles. The van der Waals surface area contributed by atoms with Gasteiger partial charge in [0.05, 0.1) is 14.2 Å². The van der Waals surface area contributed by atoms with Crippen LogP contribution < -0.4 is 20.1 Å². The Labute approximate surface area is 139 Å². The van der Waals surface area contributed by atoms with Gasteiger partial charge in [0.15, 0.2) is 16.6 Å². The van der Waals surface area contributed by atoms with Crippen LogP contribution in [0.2, 0.25) is 0 Å². The molecular weight excluding hydrogens is 310 g/mol. The van der Waals surface area contributed by atoms with E-state index in [0.717, 1.165) is 22.3 Å². The molecular formula is C17H17N3O2S. The van der Waals surface area contributed by atoms with Gasteiger partial charge < -0.3 is 25.1 Å². The van der Waals surface area contributed by atoms with Crippen LogP contribution in [0.25, 0.3) is 10.9 Å². The third-order valence-electron chi connectivity index (χ3n) is 3.45. The molecule has 0 atom stereocenters.